The Morgan fingerprint density at radius 2 is 2.21 bits per heavy atom. The summed E-state index contributed by atoms with van der Waals surface area (Å²) in [6.45, 7) is 0. The molecule has 0 atom stereocenters. The molecule has 78 valence electrons. The van der Waals surface area contributed by atoms with Crippen molar-refractivity contribution in [1.29, 1.82) is 0 Å². The largest absolute Gasteiger partial charge is 0.463 e. The summed E-state index contributed by atoms with van der Waals surface area (Å²) in [5.41, 5.74) is 0. The third-order valence-electron chi connectivity index (χ3n) is 1.30. The summed E-state index contributed by atoms with van der Waals surface area (Å²) in [6, 6.07) is 0.741. The molecule has 0 fully saturated rings. The summed E-state index contributed by atoms with van der Waals surface area (Å²) in [6.07, 6.45) is 0. The Kier molecular flexibility index (Phi) is 2.95. The number of hydrogen-bond acceptors (Lipinski definition) is 5. The van der Waals surface area contributed by atoms with E-state index in [4.69, 9.17) is 0 Å². The molecule has 8 heteroatoms. The van der Waals surface area contributed by atoms with Gasteiger partial charge in [0.25, 0.3) is 0 Å². The van der Waals surface area contributed by atoms with Crippen LogP contribution in [0.4, 0.5) is 3.89 Å². The predicted octanol–water partition coefficient (Wildman–Crippen LogP) is 1.49. The van der Waals surface area contributed by atoms with E-state index in [0.29, 0.717) is 0 Å². The summed E-state index contributed by atoms with van der Waals surface area (Å²) in [5.74, 6) is -1.28. The van der Waals surface area contributed by atoms with E-state index in [-0.39, 0.29) is 4.67 Å². The van der Waals surface area contributed by atoms with E-state index in [1.807, 2.05) is 0 Å². The molecular formula is C6H4BrFO5S. The number of esters is 1. The summed E-state index contributed by atoms with van der Waals surface area (Å²) >= 11 is 2.66. The van der Waals surface area contributed by atoms with Gasteiger partial charge in [0, 0.05) is 6.07 Å². The van der Waals surface area contributed by atoms with Gasteiger partial charge in [0.15, 0.2) is 9.56 Å². The molecule has 0 aliphatic carbocycles. The first kappa shape index (κ1) is 11.2. The number of ether oxygens (including phenoxy) is 1. The van der Waals surface area contributed by atoms with Crippen molar-refractivity contribution in [3.63, 3.8) is 0 Å². The maximum Gasteiger partial charge on any atom is 0.374 e. The molecule has 0 saturated heterocycles. The molecule has 0 radical (unpaired) electrons. The van der Waals surface area contributed by atoms with Gasteiger partial charge >= 0.3 is 16.2 Å². The first-order valence-electron chi connectivity index (χ1n) is 3.18. The molecule has 0 unspecified atom stereocenters. The highest BCUT2D eigenvalue weighted by Crippen LogP contribution is 2.27. The highest BCUT2D eigenvalue weighted by molar-refractivity contribution is 9.10. The molecule has 1 aromatic rings. The van der Waals surface area contributed by atoms with Crippen LogP contribution >= 0.6 is 15.9 Å². The average Bonchev–Trinajstić information content (AvgIpc) is 2.45. The minimum absolute atomic E-state index is 0.375. The van der Waals surface area contributed by atoms with E-state index in [1.54, 1.807) is 0 Å². The van der Waals surface area contributed by atoms with Gasteiger partial charge in [0.05, 0.1) is 7.11 Å². The normalized spacial score (nSPS) is 11.4. The van der Waals surface area contributed by atoms with Crippen molar-refractivity contribution in [3.05, 3.63) is 16.5 Å². The molecule has 0 aromatic carbocycles. The Bertz CT molecular complexity index is 463. The second-order valence-corrected chi connectivity index (χ2v) is 4.21. The number of hydrogen-bond donors (Lipinski definition) is 0. The lowest BCUT2D eigenvalue weighted by molar-refractivity contribution is 0.0563. The zero-order valence-corrected chi connectivity index (χ0v) is 9.19. The van der Waals surface area contributed by atoms with Gasteiger partial charge in [0.2, 0.25) is 5.76 Å². The Hall–Kier alpha value is -0.890. The number of methoxy groups -OCH3 is 1. The Morgan fingerprint density at radius 1 is 1.64 bits per heavy atom. The monoisotopic (exact) mass is 286 g/mol. The molecule has 1 rings (SSSR count). The topological polar surface area (TPSA) is 73.6 Å². The number of furan rings is 1. The highest BCUT2D eigenvalue weighted by Gasteiger charge is 2.24. The number of carbonyl (C=O) groups is 1. The summed E-state index contributed by atoms with van der Waals surface area (Å²) in [7, 11) is -3.82. The van der Waals surface area contributed by atoms with Crippen LogP contribution in [-0.2, 0) is 15.0 Å². The SMILES string of the molecule is COC(=O)c1cc(S(=O)(=O)F)c(Br)o1. The molecule has 0 amide bonds. The van der Waals surface area contributed by atoms with E-state index in [2.05, 4.69) is 25.1 Å². The van der Waals surface area contributed by atoms with Gasteiger partial charge in [-0.15, -0.1) is 3.89 Å². The van der Waals surface area contributed by atoms with Crippen LogP contribution in [0.3, 0.4) is 0 Å². The van der Waals surface area contributed by atoms with Crippen LogP contribution in [-0.4, -0.2) is 21.5 Å². The van der Waals surface area contributed by atoms with Crippen molar-refractivity contribution in [2.24, 2.45) is 0 Å². The van der Waals surface area contributed by atoms with Gasteiger partial charge in [0.1, 0.15) is 0 Å². The fourth-order valence-corrected chi connectivity index (χ4v) is 2.07. The Labute approximate surface area is 87.2 Å². The lowest BCUT2D eigenvalue weighted by Crippen LogP contribution is -1.98. The third-order valence-corrected chi connectivity index (χ3v) is 2.98. The van der Waals surface area contributed by atoms with Crippen LogP contribution in [0, 0.1) is 0 Å². The van der Waals surface area contributed by atoms with Gasteiger partial charge in [-0.05, 0) is 15.9 Å². The first-order chi connectivity index (χ1) is 6.36. The second kappa shape index (κ2) is 3.70. The lowest BCUT2D eigenvalue weighted by Gasteiger charge is -1.90. The number of carbonyl (C=O) groups excluding carboxylic acids is 1. The van der Waals surface area contributed by atoms with Crippen LogP contribution in [0.5, 0.6) is 0 Å². The fourth-order valence-electron chi connectivity index (χ4n) is 0.720. The van der Waals surface area contributed by atoms with Crippen molar-refractivity contribution in [3.8, 4) is 0 Å². The molecule has 5 nitrogen and oxygen atoms in total. The van der Waals surface area contributed by atoms with Gasteiger partial charge in [-0.3, -0.25) is 0 Å². The van der Waals surface area contributed by atoms with E-state index in [9.17, 15) is 17.1 Å². The van der Waals surface area contributed by atoms with Crippen molar-refractivity contribution in [1.82, 2.24) is 0 Å². The highest BCUT2D eigenvalue weighted by atomic mass is 79.9. The molecule has 0 saturated carbocycles. The predicted molar refractivity (Wildman–Crippen MR) is 46.0 cm³/mol. The van der Waals surface area contributed by atoms with Gasteiger partial charge in [-0.2, -0.15) is 8.42 Å². The van der Waals surface area contributed by atoms with Gasteiger partial charge in [-0.1, -0.05) is 0 Å². The maximum atomic E-state index is 12.5. The minimum atomic E-state index is -4.90. The van der Waals surface area contributed by atoms with Crippen molar-refractivity contribution in [2.45, 2.75) is 4.90 Å². The molecule has 0 bridgehead atoms. The molecule has 0 aliphatic heterocycles. The minimum Gasteiger partial charge on any atom is -0.463 e. The van der Waals surface area contributed by atoms with Crippen LogP contribution < -0.4 is 0 Å². The van der Waals surface area contributed by atoms with E-state index < -0.39 is 26.8 Å². The molecule has 14 heavy (non-hydrogen) atoms. The quantitative estimate of drug-likeness (QED) is 0.608. The Morgan fingerprint density at radius 3 is 2.57 bits per heavy atom. The molecule has 0 spiro atoms. The zero-order chi connectivity index (χ0) is 10.9. The van der Waals surface area contributed by atoms with E-state index in [0.717, 1.165) is 13.2 Å². The standard InChI is InChI=1S/C6H4BrFO5S/c1-12-6(9)3-2-4(5(7)13-3)14(8,10)11/h2H,1H3. The summed E-state index contributed by atoms with van der Waals surface area (Å²) < 4.78 is 41.9. The number of halogens is 2. The smallest absolute Gasteiger partial charge is 0.374 e. The summed E-state index contributed by atoms with van der Waals surface area (Å²) in [4.78, 5) is 10.1. The number of rotatable bonds is 2. The molecular weight excluding hydrogens is 283 g/mol. The van der Waals surface area contributed by atoms with Crippen molar-refractivity contribution in [2.75, 3.05) is 7.11 Å². The third kappa shape index (κ3) is 2.13. The molecule has 0 aliphatic rings. The fraction of sp³-hybridized carbons (Fsp3) is 0.167. The van der Waals surface area contributed by atoms with Crippen LogP contribution in [0.1, 0.15) is 10.6 Å². The van der Waals surface area contributed by atoms with Crippen molar-refractivity contribution >= 4 is 32.1 Å². The second-order valence-electron chi connectivity index (χ2n) is 2.18. The van der Waals surface area contributed by atoms with Crippen molar-refractivity contribution < 1.29 is 26.3 Å². The first-order valence-corrected chi connectivity index (χ1v) is 5.36. The van der Waals surface area contributed by atoms with Crippen LogP contribution in [0.15, 0.2) is 20.0 Å². The average molecular weight is 287 g/mol. The summed E-state index contributed by atoms with van der Waals surface area (Å²) in [5, 5.41) is 0. The Balaban J connectivity index is 3.25. The zero-order valence-electron chi connectivity index (χ0n) is 6.78. The van der Waals surface area contributed by atoms with Gasteiger partial charge in [-0.25, -0.2) is 4.79 Å². The van der Waals surface area contributed by atoms with Gasteiger partial charge < -0.3 is 9.15 Å². The van der Waals surface area contributed by atoms with E-state index in [1.165, 1.54) is 0 Å². The lowest BCUT2D eigenvalue weighted by atomic mass is 10.5. The van der Waals surface area contributed by atoms with Crippen LogP contribution in [0.2, 0.25) is 0 Å². The maximum absolute atomic E-state index is 12.5. The molecule has 1 aromatic heterocycles. The molecule has 0 N–H and O–H groups in total. The van der Waals surface area contributed by atoms with E-state index >= 15 is 0 Å². The molecule has 1 heterocycles. The van der Waals surface area contributed by atoms with Crippen LogP contribution in [0.25, 0.3) is 0 Å².